The lowest BCUT2D eigenvalue weighted by atomic mass is 10.1. The maximum absolute atomic E-state index is 14.0. The second-order valence-electron chi connectivity index (χ2n) is 5.14. The first-order valence-corrected chi connectivity index (χ1v) is 7.00. The molecular weight excluding hydrogens is 243 g/mol. The van der Waals surface area contributed by atoms with Crippen molar-refractivity contribution in [3.8, 4) is 0 Å². The second kappa shape index (κ2) is 6.66. The number of benzene rings is 1. The lowest BCUT2D eigenvalue weighted by molar-refractivity contribution is 0.0929. The molecule has 104 valence electrons. The van der Waals surface area contributed by atoms with Gasteiger partial charge in [-0.15, -0.1) is 0 Å². The molecule has 1 amide bonds. The van der Waals surface area contributed by atoms with Crippen LogP contribution in [0.5, 0.6) is 0 Å². The van der Waals surface area contributed by atoms with Crippen LogP contribution in [0.2, 0.25) is 0 Å². The zero-order valence-electron chi connectivity index (χ0n) is 11.1. The normalized spacial score (nSPS) is 16.9. The third-order valence-electron chi connectivity index (χ3n) is 3.73. The van der Waals surface area contributed by atoms with Crippen LogP contribution in [0.15, 0.2) is 18.2 Å². The summed E-state index contributed by atoms with van der Waals surface area (Å²) in [6, 6.07) is 4.97. The first-order chi connectivity index (χ1) is 9.22. The minimum Gasteiger partial charge on any atom is -0.349 e. The van der Waals surface area contributed by atoms with Gasteiger partial charge in [0.1, 0.15) is 5.82 Å². The van der Waals surface area contributed by atoms with E-state index in [0.717, 1.165) is 25.7 Å². The van der Waals surface area contributed by atoms with E-state index in [-0.39, 0.29) is 24.1 Å². The number of carbonyl (C=O) groups excluding carboxylic acids is 1. The second-order valence-corrected chi connectivity index (χ2v) is 5.14. The van der Waals surface area contributed by atoms with Gasteiger partial charge in [0.2, 0.25) is 0 Å². The molecule has 3 N–H and O–H groups in total. The van der Waals surface area contributed by atoms with E-state index in [0.29, 0.717) is 5.56 Å². The summed E-state index contributed by atoms with van der Waals surface area (Å²) in [5.74, 6) is -0.809. The summed E-state index contributed by atoms with van der Waals surface area (Å²) in [6.45, 7) is 0.108. The maximum atomic E-state index is 14.0. The van der Waals surface area contributed by atoms with Gasteiger partial charge in [-0.2, -0.15) is 0 Å². The monoisotopic (exact) mass is 264 g/mol. The predicted molar refractivity (Wildman–Crippen MR) is 73.2 cm³/mol. The zero-order chi connectivity index (χ0) is 13.7. The molecule has 0 aliphatic heterocycles. The van der Waals surface area contributed by atoms with Crippen LogP contribution in [0, 0.1) is 5.82 Å². The van der Waals surface area contributed by atoms with Gasteiger partial charge in [-0.3, -0.25) is 4.79 Å². The summed E-state index contributed by atoms with van der Waals surface area (Å²) < 4.78 is 14.0. The van der Waals surface area contributed by atoms with Crippen molar-refractivity contribution in [1.29, 1.82) is 0 Å². The molecule has 1 saturated carbocycles. The van der Waals surface area contributed by atoms with Crippen LogP contribution in [-0.2, 0) is 6.54 Å². The van der Waals surface area contributed by atoms with E-state index in [4.69, 9.17) is 5.73 Å². The van der Waals surface area contributed by atoms with Gasteiger partial charge in [-0.1, -0.05) is 37.8 Å². The Balaban J connectivity index is 2.06. The van der Waals surface area contributed by atoms with Crippen LogP contribution in [0.4, 0.5) is 4.39 Å². The molecule has 0 spiro atoms. The highest BCUT2D eigenvalue weighted by molar-refractivity contribution is 5.94. The van der Waals surface area contributed by atoms with Crippen molar-refractivity contribution in [2.24, 2.45) is 5.73 Å². The quantitative estimate of drug-likeness (QED) is 0.825. The fourth-order valence-corrected chi connectivity index (χ4v) is 2.60. The molecule has 0 unspecified atom stereocenters. The van der Waals surface area contributed by atoms with Gasteiger partial charge in [0.05, 0.1) is 5.56 Å². The third kappa shape index (κ3) is 3.53. The molecule has 0 saturated heterocycles. The van der Waals surface area contributed by atoms with E-state index in [1.54, 1.807) is 12.1 Å². The topological polar surface area (TPSA) is 55.1 Å². The van der Waals surface area contributed by atoms with Crippen molar-refractivity contribution >= 4 is 5.91 Å². The van der Waals surface area contributed by atoms with Crippen molar-refractivity contribution < 1.29 is 9.18 Å². The fourth-order valence-electron chi connectivity index (χ4n) is 2.60. The Morgan fingerprint density at radius 3 is 2.58 bits per heavy atom. The fraction of sp³-hybridized carbons (Fsp3) is 0.533. The number of rotatable bonds is 3. The maximum Gasteiger partial charge on any atom is 0.254 e. The van der Waals surface area contributed by atoms with Crippen LogP contribution in [0.1, 0.15) is 54.4 Å². The summed E-state index contributed by atoms with van der Waals surface area (Å²) in [4.78, 5) is 12.1. The van der Waals surface area contributed by atoms with E-state index >= 15 is 0 Å². The molecule has 1 aliphatic carbocycles. The number of amides is 1. The minimum absolute atomic E-state index is 0.104. The Bertz CT molecular complexity index is 440. The molecule has 4 heteroatoms. The first kappa shape index (κ1) is 14.0. The van der Waals surface area contributed by atoms with Crippen LogP contribution in [0.3, 0.4) is 0 Å². The molecular formula is C15H21FN2O. The Morgan fingerprint density at radius 2 is 1.95 bits per heavy atom. The Labute approximate surface area is 113 Å². The molecule has 1 aromatic rings. The van der Waals surface area contributed by atoms with E-state index in [9.17, 15) is 9.18 Å². The van der Waals surface area contributed by atoms with Gasteiger partial charge in [-0.25, -0.2) is 4.39 Å². The van der Waals surface area contributed by atoms with E-state index < -0.39 is 5.82 Å². The molecule has 1 aromatic carbocycles. The number of nitrogens with two attached hydrogens (primary N) is 1. The highest BCUT2D eigenvalue weighted by atomic mass is 19.1. The molecule has 0 aromatic heterocycles. The van der Waals surface area contributed by atoms with E-state index in [2.05, 4.69) is 5.32 Å². The summed E-state index contributed by atoms with van der Waals surface area (Å²) in [7, 11) is 0. The van der Waals surface area contributed by atoms with Crippen LogP contribution in [-0.4, -0.2) is 11.9 Å². The number of hydrogen-bond donors (Lipinski definition) is 2. The van der Waals surface area contributed by atoms with Gasteiger partial charge in [0.25, 0.3) is 5.91 Å². The molecule has 0 atom stereocenters. The highest BCUT2D eigenvalue weighted by Gasteiger charge is 2.19. The SMILES string of the molecule is NCc1cccc(C(=O)NC2CCCCCC2)c1F. The molecule has 0 radical (unpaired) electrons. The first-order valence-electron chi connectivity index (χ1n) is 7.00. The van der Waals surface area contributed by atoms with Crippen LogP contribution < -0.4 is 11.1 Å². The number of hydrogen-bond acceptors (Lipinski definition) is 2. The highest BCUT2D eigenvalue weighted by Crippen LogP contribution is 2.18. The van der Waals surface area contributed by atoms with Crippen LogP contribution in [0.25, 0.3) is 0 Å². The van der Waals surface area contributed by atoms with Gasteiger partial charge in [0.15, 0.2) is 0 Å². The molecule has 1 aliphatic rings. The Hall–Kier alpha value is -1.42. The molecule has 3 nitrogen and oxygen atoms in total. The van der Waals surface area contributed by atoms with Gasteiger partial charge in [0, 0.05) is 18.2 Å². The lowest BCUT2D eigenvalue weighted by Crippen LogP contribution is -2.35. The van der Waals surface area contributed by atoms with Gasteiger partial charge < -0.3 is 11.1 Å². The number of carbonyl (C=O) groups is 1. The van der Waals surface area contributed by atoms with Crippen molar-refractivity contribution in [3.63, 3.8) is 0 Å². The van der Waals surface area contributed by atoms with E-state index in [1.165, 1.54) is 18.9 Å². The minimum atomic E-state index is -0.490. The van der Waals surface area contributed by atoms with Crippen molar-refractivity contribution in [1.82, 2.24) is 5.32 Å². The number of halogens is 1. The average Bonchev–Trinajstić information content (AvgIpc) is 2.67. The lowest BCUT2D eigenvalue weighted by Gasteiger charge is -2.16. The molecule has 2 rings (SSSR count). The van der Waals surface area contributed by atoms with Crippen molar-refractivity contribution in [2.45, 2.75) is 51.1 Å². The molecule has 1 fully saturated rings. The van der Waals surface area contributed by atoms with Crippen molar-refractivity contribution in [3.05, 3.63) is 35.1 Å². The smallest absolute Gasteiger partial charge is 0.254 e. The number of nitrogens with one attached hydrogen (secondary N) is 1. The van der Waals surface area contributed by atoms with Gasteiger partial charge >= 0.3 is 0 Å². The largest absolute Gasteiger partial charge is 0.349 e. The predicted octanol–water partition coefficient (Wildman–Crippen LogP) is 2.74. The molecule has 0 bridgehead atoms. The summed E-state index contributed by atoms with van der Waals surface area (Å²) in [5.41, 5.74) is 5.94. The standard InChI is InChI=1S/C15H21FN2O/c16-14-11(10-17)6-5-9-13(14)15(19)18-12-7-3-1-2-4-8-12/h5-6,9,12H,1-4,7-8,10,17H2,(H,18,19). The summed E-state index contributed by atoms with van der Waals surface area (Å²) >= 11 is 0. The summed E-state index contributed by atoms with van der Waals surface area (Å²) in [5, 5.41) is 2.95. The molecule has 0 heterocycles. The van der Waals surface area contributed by atoms with Gasteiger partial charge in [-0.05, 0) is 18.9 Å². The van der Waals surface area contributed by atoms with Crippen molar-refractivity contribution in [2.75, 3.05) is 0 Å². The molecule has 19 heavy (non-hydrogen) atoms. The Morgan fingerprint density at radius 1 is 1.26 bits per heavy atom. The Kier molecular flexibility index (Phi) is 4.91. The van der Waals surface area contributed by atoms with Crippen LogP contribution >= 0.6 is 0 Å². The van der Waals surface area contributed by atoms with E-state index in [1.807, 2.05) is 0 Å². The zero-order valence-corrected chi connectivity index (χ0v) is 11.1. The summed E-state index contributed by atoms with van der Waals surface area (Å²) in [6.07, 6.45) is 6.70. The third-order valence-corrected chi connectivity index (χ3v) is 3.73. The average molecular weight is 264 g/mol.